The van der Waals surface area contributed by atoms with Crippen LogP contribution in [0.1, 0.15) is 56.5 Å². The summed E-state index contributed by atoms with van der Waals surface area (Å²) in [5.74, 6) is 0.892. The number of alkyl halides is 1. The van der Waals surface area contributed by atoms with Gasteiger partial charge in [-0.1, -0.05) is 6.92 Å². The number of nitrogens with zero attached hydrogens (tertiary/aromatic N) is 2. The van der Waals surface area contributed by atoms with Gasteiger partial charge in [-0.2, -0.15) is 5.10 Å². The molecule has 0 aromatic carbocycles. The Morgan fingerprint density at radius 1 is 1.40 bits per heavy atom. The van der Waals surface area contributed by atoms with Crippen LogP contribution >= 0.6 is 11.6 Å². The van der Waals surface area contributed by atoms with E-state index in [4.69, 9.17) is 11.6 Å². The number of halogens is 1. The SMILES string of the molecule is CC1CCC(n2cc(C(C)Cl)cn2)CC1. The lowest BCUT2D eigenvalue weighted by molar-refractivity contribution is 0.274. The molecule has 1 aromatic heterocycles. The smallest absolute Gasteiger partial charge is 0.0588 e. The van der Waals surface area contributed by atoms with Crippen molar-refractivity contribution in [2.75, 3.05) is 0 Å². The molecule has 0 amide bonds. The third kappa shape index (κ3) is 2.54. The molecule has 2 rings (SSSR count). The van der Waals surface area contributed by atoms with Crippen LogP contribution in [0.3, 0.4) is 0 Å². The Kier molecular flexibility index (Phi) is 3.35. The summed E-state index contributed by atoms with van der Waals surface area (Å²) < 4.78 is 2.11. The summed E-state index contributed by atoms with van der Waals surface area (Å²) in [7, 11) is 0. The summed E-state index contributed by atoms with van der Waals surface area (Å²) in [5, 5.41) is 4.49. The van der Waals surface area contributed by atoms with Crippen molar-refractivity contribution in [3.8, 4) is 0 Å². The summed E-state index contributed by atoms with van der Waals surface area (Å²) in [5.41, 5.74) is 1.13. The van der Waals surface area contributed by atoms with E-state index in [-0.39, 0.29) is 5.38 Å². The molecule has 84 valence electrons. The molecule has 1 atom stereocenters. The van der Waals surface area contributed by atoms with Gasteiger partial charge in [-0.15, -0.1) is 11.6 Å². The Morgan fingerprint density at radius 3 is 2.60 bits per heavy atom. The molecule has 1 aliphatic carbocycles. The molecule has 0 N–H and O–H groups in total. The maximum Gasteiger partial charge on any atom is 0.0588 e. The van der Waals surface area contributed by atoms with E-state index in [9.17, 15) is 0 Å². The molecule has 0 saturated heterocycles. The summed E-state index contributed by atoms with van der Waals surface area (Å²) in [6.07, 6.45) is 9.19. The van der Waals surface area contributed by atoms with Crippen LogP contribution < -0.4 is 0 Å². The highest BCUT2D eigenvalue weighted by Crippen LogP contribution is 2.32. The summed E-state index contributed by atoms with van der Waals surface area (Å²) in [6, 6.07) is 0.602. The van der Waals surface area contributed by atoms with Crippen LogP contribution in [-0.2, 0) is 0 Å². The first kappa shape index (κ1) is 11.0. The number of hydrogen-bond acceptors (Lipinski definition) is 1. The topological polar surface area (TPSA) is 17.8 Å². The second kappa shape index (κ2) is 4.56. The van der Waals surface area contributed by atoms with Crippen LogP contribution in [-0.4, -0.2) is 9.78 Å². The highest BCUT2D eigenvalue weighted by Gasteiger charge is 2.20. The van der Waals surface area contributed by atoms with Crippen molar-refractivity contribution in [1.82, 2.24) is 9.78 Å². The molecular weight excluding hydrogens is 208 g/mol. The lowest BCUT2D eigenvalue weighted by Crippen LogP contribution is -2.16. The standard InChI is InChI=1S/C12H19ClN2/c1-9-3-5-12(6-4-9)15-8-11(7-14-15)10(2)13/h7-10,12H,3-6H2,1-2H3. The Balaban J connectivity index is 2.03. The average Bonchev–Trinajstić information content (AvgIpc) is 2.68. The molecule has 1 fully saturated rings. The number of aromatic nitrogens is 2. The number of rotatable bonds is 2. The molecule has 0 radical (unpaired) electrons. The van der Waals surface area contributed by atoms with Crippen molar-refractivity contribution in [1.29, 1.82) is 0 Å². The van der Waals surface area contributed by atoms with Crippen molar-refractivity contribution < 1.29 is 0 Å². The highest BCUT2D eigenvalue weighted by molar-refractivity contribution is 6.20. The van der Waals surface area contributed by atoms with E-state index < -0.39 is 0 Å². The van der Waals surface area contributed by atoms with Crippen LogP contribution in [0.4, 0.5) is 0 Å². The van der Waals surface area contributed by atoms with Gasteiger partial charge in [0.25, 0.3) is 0 Å². The van der Waals surface area contributed by atoms with Crippen molar-refractivity contribution >= 4 is 11.6 Å². The average molecular weight is 227 g/mol. The third-order valence-corrected chi connectivity index (χ3v) is 3.69. The molecule has 0 aliphatic heterocycles. The van der Waals surface area contributed by atoms with E-state index >= 15 is 0 Å². The Morgan fingerprint density at radius 2 is 2.07 bits per heavy atom. The first-order valence-electron chi connectivity index (χ1n) is 5.85. The monoisotopic (exact) mass is 226 g/mol. The molecule has 2 nitrogen and oxygen atoms in total. The normalized spacial score (nSPS) is 29.0. The molecule has 0 spiro atoms. The van der Waals surface area contributed by atoms with Crippen LogP contribution in [0.2, 0.25) is 0 Å². The van der Waals surface area contributed by atoms with Gasteiger partial charge >= 0.3 is 0 Å². The van der Waals surface area contributed by atoms with Gasteiger partial charge in [-0.05, 0) is 38.5 Å². The molecule has 1 aliphatic rings. The van der Waals surface area contributed by atoms with Gasteiger partial charge in [-0.25, -0.2) is 0 Å². The molecule has 0 bridgehead atoms. The molecule has 1 unspecified atom stereocenters. The van der Waals surface area contributed by atoms with Gasteiger partial charge in [0.1, 0.15) is 0 Å². The molecule has 1 aromatic rings. The van der Waals surface area contributed by atoms with Gasteiger partial charge < -0.3 is 0 Å². The van der Waals surface area contributed by atoms with E-state index in [1.165, 1.54) is 25.7 Å². The third-order valence-electron chi connectivity index (χ3n) is 3.44. The largest absolute Gasteiger partial charge is 0.269 e. The predicted molar refractivity (Wildman–Crippen MR) is 63.2 cm³/mol. The van der Waals surface area contributed by atoms with Gasteiger partial charge in [0, 0.05) is 11.8 Å². The van der Waals surface area contributed by atoms with Gasteiger partial charge in [0.2, 0.25) is 0 Å². The zero-order chi connectivity index (χ0) is 10.8. The minimum absolute atomic E-state index is 0.0706. The summed E-state index contributed by atoms with van der Waals surface area (Å²) >= 11 is 6.03. The van der Waals surface area contributed by atoms with Crippen LogP contribution in [0.5, 0.6) is 0 Å². The van der Waals surface area contributed by atoms with E-state index in [0.717, 1.165) is 11.5 Å². The predicted octanol–water partition coefficient (Wildman–Crippen LogP) is 3.93. The second-order valence-electron chi connectivity index (χ2n) is 4.78. The fraction of sp³-hybridized carbons (Fsp3) is 0.750. The van der Waals surface area contributed by atoms with Gasteiger partial charge in [0.15, 0.2) is 0 Å². The zero-order valence-electron chi connectivity index (χ0n) is 9.49. The Labute approximate surface area is 96.6 Å². The second-order valence-corrected chi connectivity index (χ2v) is 5.44. The molecule has 15 heavy (non-hydrogen) atoms. The number of hydrogen-bond donors (Lipinski definition) is 0. The summed E-state index contributed by atoms with van der Waals surface area (Å²) in [6.45, 7) is 4.33. The molecule has 1 saturated carbocycles. The quantitative estimate of drug-likeness (QED) is 0.699. The maximum absolute atomic E-state index is 6.03. The zero-order valence-corrected chi connectivity index (χ0v) is 10.2. The lowest BCUT2D eigenvalue weighted by Gasteiger charge is -2.26. The van der Waals surface area contributed by atoms with E-state index in [1.54, 1.807) is 0 Å². The lowest BCUT2D eigenvalue weighted by atomic mass is 9.87. The highest BCUT2D eigenvalue weighted by atomic mass is 35.5. The first-order valence-corrected chi connectivity index (χ1v) is 6.28. The van der Waals surface area contributed by atoms with Crippen LogP contribution in [0.25, 0.3) is 0 Å². The minimum atomic E-state index is 0.0706. The molecule has 1 heterocycles. The van der Waals surface area contributed by atoms with Crippen molar-refractivity contribution in [3.05, 3.63) is 18.0 Å². The molecule has 3 heteroatoms. The van der Waals surface area contributed by atoms with Gasteiger partial charge in [-0.3, -0.25) is 4.68 Å². The maximum atomic E-state index is 6.03. The van der Waals surface area contributed by atoms with Crippen LogP contribution in [0, 0.1) is 5.92 Å². The first-order chi connectivity index (χ1) is 7.16. The van der Waals surface area contributed by atoms with E-state index in [2.05, 4.69) is 22.9 Å². The Hall–Kier alpha value is -0.500. The van der Waals surface area contributed by atoms with E-state index in [0.29, 0.717) is 6.04 Å². The van der Waals surface area contributed by atoms with Crippen molar-refractivity contribution in [2.24, 2.45) is 5.92 Å². The van der Waals surface area contributed by atoms with Crippen molar-refractivity contribution in [2.45, 2.75) is 50.9 Å². The fourth-order valence-corrected chi connectivity index (χ4v) is 2.38. The summed E-state index contributed by atoms with van der Waals surface area (Å²) in [4.78, 5) is 0. The molecular formula is C12H19ClN2. The van der Waals surface area contributed by atoms with E-state index in [1.807, 2.05) is 13.1 Å². The minimum Gasteiger partial charge on any atom is -0.269 e. The Bertz CT molecular complexity index is 311. The van der Waals surface area contributed by atoms with Crippen LogP contribution in [0.15, 0.2) is 12.4 Å². The van der Waals surface area contributed by atoms with Gasteiger partial charge in [0.05, 0.1) is 17.6 Å². The fourth-order valence-electron chi connectivity index (χ4n) is 2.26. The van der Waals surface area contributed by atoms with Crippen molar-refractivity contribution in [3.63, 3.8) is 0 Å².